The van der Waals surface area contributed by atoms with E-state index in [9.17, 15) is 9.59 Å². The molecule has 0 fully saturated rings. The molecule has 1 aliphatic rings. The first-order valence-electron chi connectivity index (χ1n) is 8.27. The van der Waals surface area contributed by atoms with Crippen LogP contribution in [0.15, 0.2) is 41.2 Å². The van der Waals surface area contributed by atoms with E-state index >= 15 is 0 Å². The Morgan fingerprint density at radius 1 is 1.12 bits per heavy atom. The van der Waals surface area contributed by atoms with Gasteiger partial charge in [0.25, 0.3) is 11.5 Å². The molecule has 3 heterocycles. The summed E-state index contributed by atoms with van der Waals surface area (Å²) in [6.07, 6.45) is 0. The molecule has 1 aliphatic heterocycles. The zero-order valence-corrected chi connectivity index (χ0v) is 14.7. The van der Waals surface area contributed by atoms with E-state index in [0.717, 1.165) is 11.3 Å². The fraction of sp³-hybridized carbons (Fsp3) is 0.316. The number of nitrogens with zero attached hydrogens (tertiary/aromatic N) is 3. The van der Waals surface area contributed by atoms with Gasteiger partial charge in [-0.1, -0.05) is 51.1 Å². The fourth-order valence-corrected chi connectivity index (χ4v) is 3.33. The molecule has 0 radical (unpaired) electrons. The number of rotatable bonds is 1. The number of fused-ring (bicyclic) bond motifs is 2. The molecule has 2 aromatic heterocycles. The number of carbonyl (C=O) groups is 1. The second-order valence-electron chi connectivity index (χ2n) is 7.52. The maximum Gasteiger partial charge on any atom is 0.279 e. The average molecular weight is 336 g/mol. The van der Waals surface area contributed by atoms with Crippen molar-refractivity contribution < 1.29 is 4.79 Å². The second kappa shape index (κ2) is 5.05. The van der Waals surface area contributed by atoms with Crippen LogP contribution < -0.4 is 5.56 Å². The zero-order valence-electron chi connectivity index (χ0n) is 14.7. The van der Waals surface area contributed by atoms with Crippen LogP contribution in [0.3, 0.4) is 0 Å². The molecule has 128 valence electrons. The van der Waals surface area contributed by atoms with E-state index in [1.807, 2.05) is 36.4 Å². The number of hydrogen-bond donors (Lipinski definition) is 1. The van der Waals surface area contributed by atoms with Crippen molar-refractivity contribution >= 4 is 11.6 Å². The second-order valence-corrected chi connectivity index (χ2v) is 7.52. The Labute approximate surface area is 145 Å². The summed E-state index contributed by atoms with van der Waals surface area (Å²) in [7, 11) is 1.71. The van der Waals surface area contributed by atoms with E-state index < -0.39 is 6.04 Å². The van der Waals surface area contributed by atoms with Crippen LogP contribution in [0.25, 0.3) is 5.65 Å². The SMILES string of the molecule is CN1C(=O)c2nc3cc(C(C)(C)C)[nH]n3c(=O)c2C1c1ccccc1. The summed E-state index contributed by atoms with van der Waals surface area (Å²) < 4.78 is 1.45. The molecule has 6 nitrogen and oxygen atoms in total. The molecule has 1 amide bonds. The third-order valence-corrected chi connectivity index (χ3v) is 4.76. The van der Waals surface area contributed by atoms with Crippen molar-refractivity contribution in [1.82, 2.24) is 19.5 Å². The summed E-state index contributed by atoms with van der Waals surface area (Å²) in [6.45, 7) is 6.17. The van der Waals surface area contributed by atoms with Crippen molar-refractivity contribution in [2.24, 2.45) is 0 Å². The van der Waals surface area contributed by atoms with Crippen LogP contribution in [0.1, 0.15) is 54.1 Å². The Morgan fingerprint density at radius 3 is 2.44 bits per heavy atom. The molecule has 4 rings (SSSR count). The predicted molar refractivity (Wildman–Crippen MR) is 94.9 cm³/mol. The van der Waals surface area contributed by atoms with Gasteiger partial charge in [-0.3, -0.25) is 14.7 Å². The Bertz CT molecular complexity index is 1040. The van der Waals surface area contributed by atoms with Gasteiger partial charge in [-0.25, -0.2) is 9.50 Å². The molecule has 0 saturated heterocycles. The van der Waals surface area contributed by atoms with Gasteiger partial charge in [-0.05, 0) is 5.56 Å². The third-order valence-electron chi connectivity index (χ3n) is 4.76. The number of amides is 1. The van der Waals surface area contributed by atoms with E-state index in [2.05, 4.69) is 30.9 Å². The van der Waals surface area contributed by atoms with Crippen LogP contribution >= 0.6 is 0 Å². The van der Waals surface area contributed by atoms with E-state index in [-0.39, 0.29) is 22.6 Å². The minimum absolute atomic E-state index is 0.149. The van der Waals surface area contributed by atoms with Crippen molar-refractivity contribution in [2.75, 3.05) is 7.05 Å². The Hall–Kier alpha value is -2.89. The van der Waals surface area contributed by atoms with E-state index in [1.54, 1.807) is 11.9 Å². The summed E-state index contributed by atoms with van der Waals surface area (Å²) in [4.78, 5) is 31.9. The quantitative estimate of drug-likeness (QED) is 0.742. The molecule has 0 spiro atoms. The summed E-state index contributed by atoms with van der Waals surface area (Å²) >= 11 is 0. The molecular weight excluding hydrogens is 316 g/mol. The fourth-order valence-electron chi connectivity index (χ4n) is 3.33. The van der Waals surface area contributed by atoms with Crippen LogP contribution in [0.2, 0.25) is 0 Å². The molecule has 1 atom stereocenters. The molecule has 1 aromatic carbocycles. The lowest BCUT2D eigenvalue weighted by Crippen LogP contribution is -2.27. The van der Waals surface area contributed by atoms with Gasteiger partial charge < -0.3 is 4.90 Å². The van der Waals surface area contributed by atoms with Crippen LogP contribution in [-0.4, -0.2) is 32.5 Å². The van der Waals surface area contributed by atoms with E-state index in [4.69, 9.17) is 0 Å². The highest BCUT2D eigenvalue weighted by Crippen LogP contribution is 2.34. The molecule has 1 unspecified atom stereocenters. The molecule has 3 aromatic rings. The van der Waals surface area contributed by atoms with Crippen LogP contribution in [0, 0.1) is 0 Å². The largest absolute Gasteiger partial charge is 0.329 e. The summed E-state index contributed by atoms with van der Waals surface area (Å²) in [5.41, 5.74) is 2.59. The molecule has 0 saturated carbocycles. The molecular formula is C19H20N4O2. The molecule has 0 bridgehead atoms. The first kappa shape index (κ1) is 15.6. The highest BCUT2D eigenvalue weighted by Gasteiger charge is 2.40. The first-order valence-corrected chi connectivity index (χ1v) is 8.27. The van der Waals surface area contributed by atoms with Crippen LogP contribution in [0.5, 0.6) is 0 Å². The Kier molecular flexibility index (Phi) is 3.16. The Morgan fingerprint density at radius 2 is 1.80 bits per heavy atom. The number of nitrogens with one attached hydrogen (secondary N) is 1. The lowest BCUT2D eigenvalue weighted by Gasteiger charge is -2.20. The number of aromatic nitrogens is 3. The van der Waals surface area contributed by atoms with Crippen molar-refractivity contribution in [3.63, 3.8) is 0 Å². The van der Waals surface area contributed by atoms with Crippen molar-refractivity contribution in [3.8, 4) is 0 Å². The van der Waals surface area contributed by atoms with Gasteiger partial charge in [0.05, 0.1) is 11.6 Å². The minimum Gasteiger partial charge on any atom is -0.329 e. The maximum absolute atomic E-state index is 13.1. The van der Waals surface area contributed by atoms with E-state index in [0.29, 0.717) is 11.2 Å². The minimum atomic E-state index is -0.415. The topological polar surface area (TPSA) is 70.5 Å². The van der Waals surface area contributed by atoms with Crippen LogP contribution in [0.4, 0.5) is 0 Å². The standard InChI is InChI=1S/C19H20N4O2/c1-19(2,3)12-10-13-20-15-14(17(24)23(13)21-12)16(22(4)18(15)25)11-8-6-5-7-9-11/h5-10,16,21H,1-4H3. The summed E-state index contributed by atoms with van der Waals surface area (Å²) in [5, 5.41) is 3.15. The predicted octanol–water partition coefficient (Wildman–Crippen LogP) is 2.50. The van der Waals surface area contributed by atoms with Crippen molar-refractivity contribution in [3.05, 3.63) is 69.3 Å². The van der Waals surface area contributed by atoms with Gasteiger partial charge in [-0.2, -0.15) is 0 Å². The molecule has 1 N–H and O–H groups in total. The van der Waals surface area contributed by atoms with Gasteiger partial charge in [0, 0.05) is 24.2 Å². The van der Waals surface area contributed by atoms with Gasteiger partial charge >= 0.3 is 0 Å². The number of aromatic amines is 1. The van der Waals surface area contributed by atoms with Gasteiger partial charge in [0.1, 0.15) is 5.69 Å². The summed E-state index contributed by atoms with van der Waals surface area (Å²) in [6, 6.07) is 11.0. The highest BCUT2D eigenvalue weighted by molar-refractivity contribution is 5.98. The van der Waals surface area contributed by atoms with Gasteiger partial charge in [0.2, 0.25) is 0 Å². The average Bonchev–Trinajstić information content (AvgIpc) is 3.11. The van der Waals surface area contributed by atoms with Gasteiger partial charge in [0.15, 0.2) is 5.65 Å². The lowest BCUT2D eigenvalue weighted by molar-refractivity contribution is 0.0789. The van der Waals surface area contributed by atoms with Gasteiger partial charge in [-0.15, -0.1) is 0 Å². The maximum atomic E-state index is 13.1. The first-order chi connectivity index (χ1) is 11.8. The molecule has 0 aliphatic carbocycles. The zero-order chi connectivity index (χ0) is 17.9. The Balaban J connectivity index is 2.00. The number of carbonyl (C=O) groups excluding carboxylic acids is 1. The van der Waals surface area contributed by atoms with Crippen molar-refractivity contribution in [1.29, 1.82) is 0 Å². The molecule has 6 heteroatoms. The third kappa shape index (κ3) is 2.21. The highest BCUT2D eigenvalue weighted by atomic mass is 16.2. The lowest BCUT2D eigenvalue weighted by atomic mass is 9.93. The number of hydrogen-bond acceptors (Lipinski definition) is 3. The smallest absolute Gasteiger partial charge is 0.279 e. The van der Waals surface area contributed by atoms with Crippen LogP contribution in [-0.2, 0) is 5.41 Å². The molecule has 25 heavy (non-hydrogen) atoms. The van der Waals surface area contributed by atoms with Crippen molar-refractivity contribution in [2.45, 2.75) is 32.2 Å². The number of H-pyrrole nitrogens is 1. The van der Waals surface area contributed by atoms with E-state index in [1.165, 1.54) is 4.52 Å². The number of benzene rings is 1. The normalized spacial score (nSPS) is 17.4. The summed E-state index contributed by atoms with van der Waals surface area (Å²) in [5.74, 6) is -0.220. The monoisotopic (exact) mass is 336 g/mol.